The van der Waals surface area contributed by atoms with Crippen molar-refractivity contribution in [3.8, 4) is 11.5 Å². The van der Waals surface area contributed by atoms with Gasteiger partial charge in [-0.3, -0.25) is 9.89 Å². The van der Waals surface area contributed by atoms with Crippen molar-refractivity contribution in [1.82, 2.24) is 15.5 Å². The van der Waals surface area contributed by atoms with E-state index in [-0.39, 0.29) is 0 Å². The van der Waals surface area contributed by atoms with Crippen molar-refractivity contribution >= 4 is 5.96 Å². The predicted molar refractivity (Wildman–Crippen MR) is 120 cm³/mol. The van der Waals surface area contributed by atoms with E-state index in [0.29, 0.717) is 42.5 Å². The third kappa shape index (κ3) is 7.34. The van der Waals surface area contributed by atoms with Crippen LogP contribution in [-0.4, -0.2) is 82.2 Å². The van der Waals surface area contributed by atoms with E-state index in [0.717, 1.165) is 38.4 Å². The zero-order valence-electron chi connectivity index (χ0n) is 19.0. The summed E-state index contributed by atoms with van der Waals surface area (Å²) in [6, 6.07) is 5.77. The molecule has 1 saturated heterocycles. The number of aliphatic hydroxyl groups excluding tert-OH is 1. The number of aliphatic imine (C=N–C) groups is 1. The fraction of sp³-hybridized carbons (Fsp3) is 0.682. The van der Waals surface area contributed by atoms with Gasteiger partial charge in [0.25, 0.3) is 0 Å². The predicted octanol–water partition coefficient (Wildman–Crippen LogP) is 1.65. The first-order valence-electron chi connectivity index (χ1n) is 10.7. The molecule has 0 aromatic heterocycles. The molecule has 0 saturated carbocycles. The lowest BCUT2D eigenvalue weighted by Gasteiger charge is -2.36. The maximum absolute atomic E-state index is 10.7. The van der Waals surface area contributed by atoms with E-state index < -0.39 is 6.10 Å². The summed E-state index contributed by atoms with van der Waals surface area (Å²) in [5.41, 5.74) is 0.725. The molecule has 2 unspecified atom stereocenters. The Bertz CT molecular complexity index is 640. The lowest BCUT2D eigenvalue weighted by atomic mass is 10.0. The highest BCUT2D eigenvalue weighted by Gasteiger charge is 2.23. The highest BCUT2D eigenvalue weighted by atomic mass is 16.5. The molecule has 1 aromatic rings. The van der Waals surface area contributed by atoms with Gasteiger partial charge in [-0.05, 0) is 30.5 Å². The quantitative estimate of drug-likeness (QED) is 0.390. The molecule has 0 aliphatic carbocycles. The van der Waals surface area contributed by atoms with Gasteiger partial charge in [0.15, 0.2) is 5.96 Å². The van der Waals surface area contributed by atoms with E-state index in [1.54, 1.807) is 20.3 Å². The Morgan fingerprint density at radius 1 is 1.13 bits per heavy atom. The molecule has 0 radical (unpaired) electrons. The van der Waals surface area contributed by atoms with E-state index in [9.17, 15) is 5.11 Å². The Hall–Kier alpha value is -2.03. The molecule has 0 spiro atoms. The van der Waals surface area contributed by atoms with Crippen LogP contribution in [0.1, 0.15) is 32.4 Å². The summed E-state index contributed by atoms with van der Waals surface area (Å²) in [5.74, 6) is 2.48. The van der Waals surface area contributed by atoms with Gasteiger partial charge in [0.2, 0.25) is 0 Å². The van der Waals surface area contributed by atoms with E-state index >= 15 is 0 Å². The van der Waals surface area contributed by atoms with Gasteiger partial charge in [-0.1, -0.05) is 13.8 Å². The summed E-state index contributed by atoms with van der Waals surface area (Å²) in [4.78, 5) is 7.25. The zero-order valence-corrected chi connectivity index (χ0v) is 19.0. The number of rotatable bonds is 10. The van der Waals surface area contributed by atoms with Crippen molar-refractivity contribution in [2.24, 2.45) is 10.9 Å². The number of benzene rings is 1. The van der Waals surface area contributed by atoms with E-state index in [1.807, 2.05) is 19.1 Å². The minimum atomic E-state index is -0.724. The van der Waals surface area contributed by atoms with Crippen molar-refractivity contribution in [3.05, 3.63) is 23.8 Å². The first-order valence-corrected chi connectivity index (χ1v) is 10.7. The molecule has 1 heterocycles. The van der Waals surface area contributed by atoms with Crippen molar-refractivity contribution in [1.29, 1.82) is 0 Å². The van der Waals surface area contributed by atoms with Crippen molar-refractivity contribution in [2.75, 3.05) is 60.2 Å². The van der Waals surface area contributed by atoms with Crippen LogP contribution in [0.4, 0.5) is 0 Å². The first-order chi connectivity index (χ1) is 14.5. The van der Waals surface area contributed by atoms with Crippen LogP contribution >= 0.6 is 0 Å². The third-order valence-electron chi connectivity index (χ3n) is 5.29. The van der Waals surface area contributed by atoms with Gasteiger partial charge in [-0.15, -0.1) is 0 Å². The Labute approximate surface area is 180 Å². The number of nitrogens with zero attached hydrogens (tertiary/aromatic N) is 2. The zero-order chi connectivity index (χ0) is 21.9. The van der Waals surface area contributed by atoms with Crippen molar-refractivity contribution in [3.63, 3.8) is 0 Å². The minimum absolute atomic E-state index is 0.325. The van der Waals surface area contributed by atoms with Crippen LogP contribution in [0.25, 0.3) is 0 Å². The van der Waals surface area contributed by atoms with E-state index in [2.05, 4.69) is 29.4 Å². The topological polar surface area (TPSA) is 87.6 Å². The van der Waals surface area contributed by atoms with Gasteiger partial charge in [-0.25, -0.2) is 0 Å². The second-order valence-corrected chi connectivity index (χ2v) is 7.72. The molecule has 0 amide bonds. The van der Waals surface area contributed by atoms with E-state index in [4.69, 9.17) is 19.2 Å². The largest absolute Gasteiger partial charge is 0.497 e. The van der Waals surface area contributed by atoms with Crippen LogP contribution < -0.4 is 20.1 Å². The Kier molecular flexibility index (Phi) is 10.2. The molecule has 2 atom stereocenters. The minimum Gasteiger partial charge on any atom is -0.497 e. The van der Waals surface area contributed by atoms with Crippen LogP contribution in [0.15, 0.2) is 23.2 Å². The summed E-state index contributed by atoms with van der Waals surface area (Å²) in [6.45, 7) is 11.7. The number of guanidine groups is 1. The highest BCUT2D eigenvalue weighted by molar-refractivity contribution is 5.79. The normalized spacial score (nSPS) is 17.5. The number of nitrogens with one attached hydrogen (secondary N) is 2. The van der Waals surface area contributed by atoms with Crippen LogP contribution in [0.3, 0.4) is 0 Å². The average molecular weight is 423 g/mol. The molecule has 8 nitrogen and oxygen atoms in total. The van der Waals surface area contributed by atoms with Gasteiger partial charge in [-0.2, -0.15) is 0 Å². The second-order valence-electron chi connectivity index (χ2n) is 7.72. The second kappa shape index (κ2) is 12.6. The van der Waals surface area contributed by atoms with Gasteiger partial charge >= 0.3 is 0 Å². The molecule has 0 bridgehead atoms. The molecule has 3 N–H and O–H groups in total. The summed E-state index contributed by atoms with van der Waals surface area (Å²) < 4.78 is 16.1. The van der Waals surface area contributed by atoms with E-state index in [1.165, 1.54) is 0 Å². The number of aliphatic hydroxyl groups is 1. The van der Waals surface area contributed by atoms with Gasteiger partial charge < -0.3 is 30.0 Å². The Balaban J connectivity index is 2.01. The molecule has 170 valence electrons. The third-order valence-corrected chi connectivity index (χ3v) is 5.29. The number of hydrogen-bond acceptors (Lipinski definition) is 6. The average Bonchev–Trinajstić information content (AvgIpc) is 2.77. The maximum atomic E-state index is 10.7. The monoisotopic (exact) mass is 422 g/mol. The summed E-state index contributed by atoms with van der Waals surface area (Å²) in [5, 5.41) is 17.2. The van der Waals surface area contributed by atoms with Crippen LogP contribution in [-0.2, 0) is 4.74 Å². The fourth-order valence-corrected chi connectivity index (χ4v) is 3.52. The smallest absolute Gasteiger partial charge is 0.191 e. The number of hydrogen-bond donors (Lipinski definition) is 3. The molecule has 1 aromatic carbocycles. The first kappa shape index (κ1) is 24.2. The number of methoxy groups -OCH3 is 2. The molecule has 8 heteroatoms. The summed E-state index contributed by atoms with van der Waals surface area (Å²) >= 11 is 0. The van der Waals surface area contributed by atoms with Crippen molar-refractivity contribution in [2.45, 2.75) is 32.9 Å². The van der Waals surface area contributed by atoms with Gasteiger partial charge in [0.1, 0.15) is 11.5 Å². The Morgan fingerprint density at radius 2 is 1.77 bits per heavy atom. The SMILES string of the molecule is CCNC(=NCC(C(C)C)N1CCOCC1)NCC(O)c1cc(OC)cc(OC)c1. The maximum Gasteiger partial charge on any atom is 0.191 e. The van der Waals surface area contributed by atoms with Gasteiger partial charge in [0, 0.05) is 38.3 Å². The number of morpholine rings is 1. The lowest BCUT2D eigenvalue weighted by molar-refractivity contribution is 0.00867. The molecule has 1 aliphatic rings. The van der Waals surface area contributed by atoms with Crippen LogP contribution in [0.5, 0.6) is 11.5 Å². The molecular weight excluding hydrogens is 384 g/mol. The summed E-state index contributed by atoms with van der Waals surface area (Å²) in [7, 11) is 3.19. The lowest BCUT2D eigenvalue weighted by Crippen LogP contribution is -2.48. The molecule has 30 heavy (non-hydrogen) atoms. The Morgan fingerprint density at radius 3 is 2.30 bits per heavy atom. The van der Waals surface area contributed by atoms with Crippen LogP contribution in [0.2, 0.25) is 0 Å². The molecular formula is C22H38N4O4. The van der Waals surface area contributed by atoms with Gasteiger partial charge in [0.05, 0.1) is 40.1 Å². The standard InChI is InChI=1S/C22H38N4O4/c1-6-23-22(24-14-20(16(2)3)26-7-9-30-10-8-26)25-15-21(27)17-11-18(28-4)13-19(12-17)29-5/h11-13,16,20-21,27H,6-10,14-15H2,1-5H3,(H2,23,24,25). The van der Waals surface area contributed by atoms with Crippen LogP contribution in [0, 0.1) is 5.92 Å². The molecule has 2 rings (SSSR count). The summed E-state index contributed by atoms with van der Waals surface area (Å²) in [6.07, 6.45) is -0.724. The molecule has 1 aliphatic heterocycles. The fourth-order valence-electron chi connectivity index (χ4n) is 3.52. The van der Waals surface area contributed by atoms with Crippen molar-refractivity contribution < 1.29 is 19.3 Å². The highest BCUT2D eigenvalue weighted by Crippen LogP contribution is 2.26. The molecule has 1 fully saturated rings. The number of ether oxygens (including phenoxy) is 3.